The number of hydrogen-bond donors (Lipinski definition) is 0. The van der Waals surface area contributed by atoms with Crippen molar-refractivity contribution in [1.82, 2.24) is 14.1 Å². The molecule has 398 valence electrons. The molecule has 3 aliphatic rings. The molecule has 0 bridgehead atoms. The van der Waals surface area contributed by atoms with Crippen LogP contribution < -0.4 is 9.64 Å². The molecule has 17 rings (SSSR count). The molecule has 1 spiro atoms. The molecular weight excluding hydrogens is 1190 g/mol. The maximum absolute atomic E-state index is 6.84. The molecule has 2 aliphatic carbocycles. The van der Waals surface area contributed by atoms with E-state index in [1.165, 1.54) is 71.6 Å². The van der Waals surface area contributed by atoms with Crippen LogP contribution in [0.2, 0.25) is 0 Å². The summed E-state index contributed by atoms with van der Waals surface area (Å²) in [5.41, 5.74) is 19.5. The van der Waals surface area contributed by atoms with Gasteiger partial charge in [0.2, 0.25) is 0 Å². The quantitative estimate of drug-likeness (QED) is 0.161. The second-order valence-corrected chi connectivity index (χ2v) is 23.1. The predicted molar refractivity (Wildman–Crippen MR) is 337 cm³/mol. The molecule has 0 amide bonds. The third-order valence-corrected chi connectivity index (χ3v) is 17.7. The number of anilines is 2. The maximum Gasteiger partial charge on any atom is 0.135 e. The van der Waals surface area contributed by atoms with Crippen molar-refractivity contribution in [2.75, 3.05) is 4.90 Å². The number of benzene rings is 11. The van der Waals surface area contributed by atoms with E-state index in [0.29, 0.717) is 11.5 Å². The van der Waals surface area contributed by atoms with E-state index in [1.807, 2.05) is 18.3 Å². The van der Waals surface area contributed by atoms with E-state index in [-0.39, 0.29) is 26.5 Å². The fourth-order valence-electron chi connectivity index (χ4n) is 14.2. The first-order valence-electron chi connectivity index (χ1n) is 28.3. The molecule has 0 fully saturated rings. The molecule has 4 heterocycles. The van der Waals surface area contributed by atoms with Crippen molar-refractivity contribution in [3.63, 3.8) is 0 Å². The molecule has 0 saturated carbocycles. The minimum Gasteiger partial charge on any atom is -0.509 e. The van der Waals surface area contributed by atoms with Crippen molar-refractivity contribution in [2.45, 2.75) is 31.6 Å². The van der Waals surface area contributed by atoms with Crippen molar-refractivity contribution >= 4 is 76.5 Å². The summed E-state index contributed by atoms with van der Waals surface area (Å²) in [5.74, 6) is 2.02. The molecule has 0 unspecified atom stereocenters. The van der Waals surface area contributed by atoms with Crippen LogP contribution in [0.3, 0.4) is 0 Å². The zero-order valence-corrected chi connectivity index (χ0v) is 48.0. The Hall–Kier alpha value is -9.67. The van der Waals surface area contributed by atoms with Gasteiger partial charge in [-0.25, -0.2) is 4.98 Å². The summed E-state index contributed by atoms with van der Waals surface area (Å²) in [4.78, 5) is 7.19. The van der Waals surface area contributed by atoms with Crippen LogP contribution in [-0.4, -0.2) is 14.1 Å². The van der Waals surface area contributed by atoms with Gasteiger partial charge in [0.15, 0.2) is 0 Å². The summed E-state index contributed by atoms with van der Waals surface area (Å²) in [5, 5.41) is 9.22. The Morgan fingerprint density at radius 1 is 0.446 bits per heavy atom. The average molecular weight is 1240 g/mol. The molecule has 0 saturated heterocycles. The molecule has 83 heavy (non-hydrogen) atoms. The Labute approximate surface area is 495 Å². The molecule has 1 aliphatic heterocycles. The van der Waals surface area contributed by atoms with Crippen LogP contribution in [0.5, 0.6) is 11.5 Å². The molecule has 5 nitrogen and oxygen atoms in total. The summed E-state index contributed by atoms with van der Waals surface area (Å²) < 4.78 is 11.5. The van der Waals surface area contributed by atoms with E-state index >= 15 is 0 Å². The fourth-order valence-corrected chi connectivity index (χ4v) is 14.2. The van der Waals surface area contributed by atoms with E-state index in [4.69, 9.17) is 9.72 Å². The third-order valence-electron chi connectivity index (χ3n) is 17.7. The van der Waals surface area contributed by atoms with Crippen LogP contribution in [0.25, 0.3) is 104 Å². The number of para-hydroxylation sites is 3. The van der Waals surface area contributed by atoms with Crippen molar-refractivity contribution in [3.8, 4) is 50.7 Å². The van der Waals surface area contributed by atoms with Gasteiger partial charge in [-0.15, -0.1) is 35.7 Å². The van der Waals surface area contributed by atoms with Gasteiger partial charge in [0, 0.05) is 50.0 Å². The SMILES string of the molecule is CC(C)(C)c1ccnc(-n2c3[c-]c(Oc4[c-]c(N5[CH-]n6c7c(-c8ccc9c(c8)-c8ccccc8C98c9ccccc9-c9ccccc98)cccc7c7ccccc7c7ccccc7c7cccc5c76)ccc4)ccc3c3ccccc32)c1.[Pt]. The van der Waals surface area contributed by atoms with Gasteiger partial charge in [0.25, 0.3) is 0 Å². The summed E-state index contributed by atoms with van der Waals surface area (Å²) in [7, 11) is 0. The van der Waals surface area contributed by atoms with Crippen molar-refractivity contribution < 1.29 is 25.8 Å². The first-order chi connectivity index (χ1) is 40.3. The van der Waals surface area contributed by atoms with Gasteiger partial charge in [-0.05, 0) is 152 Å². The first kappa shape index (κ1) is 49.2. The second-order valence-electron chi connectivity index (χ2n) is 23.1. The molecular formula is C77H51N4OPt-3. The molecule has 0 atom stereocenters. The molecule has 0 radical (unpaired) electrons. The van der Waals surface area contributed by atoms with Crippen molar-refractivity contribution in [2.24, 2.45) is 0 Å². The number of fused-ring (bicyclic) bond motifs is 20. The van der Waals surface area contributed by atoms with Crippen molar-refractivity contribution in [1.29, 1.82) is 0 Å². The van der Waals surface area contributed by atoms with Gasteiger partial charge < -0.3 is 18.8 Å². The van der Waals surface area contributed by atoms with Crippen LogP contribution in [0.4, 0.5) is 11.4 Å². The molecule has 6 heteroatoms. The largest absolute Gasteiger partial charge is 0.509 e. The number of hydrogen-bond acceptors (Lipinski definition) is 3. The standard InChI is InChI=1S/C77H51N4O.Pt/c1-76(2,3)49-41-42-78-73(44-49)81-70-35-15-11-28-61(70)62-39-38-52(46-72(62)81)82-51-20-16-19-50(45-51)79-47-80-74-53(29-17-30-63(74)56-23-6-4-21-54(56)55-22-5-7-24-57(55)64-31-18-36-71(79)75(64)80)48-37-40-69-65(43-48)60-27-10-14-34-68(60)77(69)66-32-12-8-25-58(66)59-26-9-13-33-67(59)77;/h4-44,47H,1-3H3;/q-3;. The summed E-state index contributed by atoms with van der Waals surface area (Å²) >= 11 is 0. The van der Waals surface area contributed by atoms with Crippen molar-refractivity contribution in [3.05, 3.63) is 295 Å². The Morgan fingerprint density at radius 3 is 1.67 bits per heavy atom. The Balaban J connectivity index is 0.00000565. The molecule has 3 aromatic heterocycles. The first-order valence-corrected chi connectivity index (χ1v) is 28.3. The number of aromatic nitrogens is 3. The Morgan fingerprint density at radius 2 is 0.988 bits per heavy atom. The summed E-state index contributed by atoms with van der Waals surface area (Å²) in [6, 6.07) is 96.3. The number of rotatable bonds is 5. The van der Waals surface area contributed by atoms with Gasteiger partial charge in [-0.1, -0.05) is 214 Å². The minimum atomic E-state index is -0.432. The zero-order chi connectivity index (χ0) is 54.4. The minimum absolute atomic E-state index is 0. The monoisotopic (exact) mass is 1240 g/mol. The van der Waals surface area contributed by atoms with Crippen LogP contribution >= 0.6 is 0 Å². The van der Waals surface area contributed by atoms with Gasteiger partial charge in [-0.2, -0.15) is 12.1 Å². The smallest absolute Gasteiger partial charge is 0.135 e. The van der Waals surface area contributed by atoms with E-state index in [1.54, 1.807) is 0 Å². The van der Waals surface area contributed by atoms with Crippen LogP contribution in [0.1, 0.15) is 48.6 Å². The normalized spacial score (nSPS) is 13.3. The fraction of sp³-hybridized carbons (Fsp3) is 0.0649. The zero-order valence-electron chi connectivity index (χ0n) is 45.8. The number of nitrogens with zero attached hydrogens (tertiary/aromatic N) is 4. The number of ether oxygens (including phenoxy) is 1. The molecule has 11 aromatic carbocycles. The second kappa shape index (κ2) is 18.4. The van der Waals surface area contributed by atoms with Gasteiger partial charge >= 0.3 is 0 Å². The maximum atomic E-state index is 6.84. The van der Waals surface area contributed by atoms with Crippen LogP contribution in [-0.2, 0) is 31.9 Å². The summed E-state index contributed by atoms with van der Waals surface area (Å²) in [6.07, 6.45) is 1.91. The Kier molecular flexibility index (Phi) is 10.9. The number of pyridine rings is 1. The molecule has 0 N–H and O–H groups in total. The van der Waals surface area contributed by atoms with Crippen LogP contribution in [0.15, 0.2) is 249 Å². The van der Waals surface area contributed by atoms with Gasteiger partial charge in [0.05, 0.1) is 5.41 Å². The molecule has 14 aromatic rings. The Bertz CT molecular complexity index is 5090. The van der Waals surface area contributed by atoms with Crippen LogP contribution in [0, 0.1) is 18.8 Å². The average Bonchev–Trinajstić information content (AvgIpc) is 3.05. The third kappa shape index (κ3) is 7.11. The topological polar surface area (TPSA) is 35.2 Å². The van der Waals surface area contributed by atoms with E-state index in [2.05, 4.69) is 284 Å². The van der Waals surface area contributed by atoms with E-state index < -0.39 is 5.41 Å². The van der Waals surface area contributed by atoms with E-state index in [0.717, 1.165) is 71.9 Å². The van der Waals surface area contributed by atoms with Gasteiger partial charge in [-0.3, -0.25) is 0 Å². The van der Waals surface area contributed by atoms with E-state index in [9.17, 15) is 0 Å². The predicted octanol–water partition coefficient (Wildman–Crippen LogP) is 19.5. The van der Waals surface area contributed by atoms with Gasteiger partial charge in [0.1, 0.15) is 5.82 Å². The summed E-state index contributed by atoms with van der Waals surface area (Å²) in [6.45, 7) is 8.97.